The normalized spacial score (nSPS) is 14.5. The smallest absolute Gasteiger partial charge is 0.0794 e. The van der Waals surface area contributed by atoms with Crippen molar-refractivity contribution in [1.82, 2.24) is 10.3 Å². The van der Waals surface area contributed by atoms with E-state index in [4.69, 9.17) is 0 Å². The summed E-state index contributed by atoms with van der Waals surface area (Å²) in [6.07, 6.45) is 1.93. The third-order valence-electron chi connectivity index (χ3n) is 2.75. The molecule has 0 bridgehead atoms. The van der Waals surface area contributed by atoms with Gasteiger partial charge in [-0.3, -0.25) is 4.98 Å². The zero-order valence-corrected chi connectivity index (χ0v) is 12.3. The van der Waals surface area contributed by atoms with Crippen LogP contribution in [0.15, 0.2) is 40.4 Å². The maximum Gasteiger partial charge on any atom is 0.0794 e. The van der Waals surface area contributed by atoms with E-state index in [1.54, 1.807) is 11.3 Å². The first kappa shape index (κ1) is 12.7. The van der Waals surface area contributed by atoms with Crippen LogP contribution in [0.2, 0.25) is 0 Å². The van der Waals surface area contributed by atoms with Crippen molar-refractivity contribution in [2.24, 2.45) is 0 Å². The molecular formula is C13H15BrN2S. The van der Waals surface area contributed by atoms with Crippen LogP contribution in [0.1, 0.15) is 36.4 Å². The van der Waals surface area contributed by atoms with Gasteiger partial charge in [0.2, 0.25) is 0 Å². The van der Waals surface area contributed by atoms with Gasteiger partial charge in [-0.2, -0.15) is 0 Å². The lowest BCUT2D eigenvalue weighted by atomic mass is 10.1. The molecule has 0 radical (unpaired) electrons. The highest BCUT2D eigenvalue weighted by atomic mass is 79.9. The molecule has 2 aromatic rings. The Bertz CT molecular complexity index is 453. The molecular weight excluding hydrogens is 296 g/mol. The second kappa shape index (κ2) is 5.76. The first-order chi connectivity index (χ1) is 8.16. The number of halogens is 1. The van der Waals surface area contributed by atoms with E-state index in [1.165, 1.54) is 10.4 Å². The fourth-order valence-corrected chi connectivity index (χ4v) is 2.65. The van der Waals surface area contributed by atoms with Crippen molar-refractivity contribution in [3.05, 3.63) is 50.9 Å². The molecule has 0 amide bonds. The van der Waals surface area contributed by atoms with Gasteiger partial charge in [0.1, 0.15) is 0 Å². The minimum atomic E-state index is 0.334. The summed E-state index contributed by atoms with van der Waals surface area (Å²) in [4.78, 5) is 5.38. The molecule has 0 fully saturated rings. The van der Waals surface area contributed by atoms with Crippen LogP contribution in [-0.2, 0) is 0 Å². The minimum Gasteiger partial charge on any atom is -0.303 e. The lowest BCUT2D eigenvalue weighted by molar-refractivity contribution is 0.499. The monoisotopic (exact) mass is 310 g/mol. The number of aromatic nitrogens is 1. The van der Waals surface area contributed by atoms with E-state index in [0.717, 1.165) is 4.47 Å². The molecule has 90 valence electrons. The molecule has 0 spiro atoms. The molecule has 1 aromatic heterocycles. The molecule has 0 saturated heterocycles. The molecule has 2 unspecified atom stereocenters. The number of nitrogens with one attached hydrogen (secondary N) is 1. The predicted octanol–water partition coefficient (Wildman–Crippen LogP) is 4.32. The summed E-state index contributed by atoms with van der Waals surface area (Å²) in [6.45, 7) is 4.35. The van der Waals surface area contributed by atoms with Crippen molar-refractivity contribution in [2.75, 3.05) is 0 Å². The van der Waals surface area contributed by atoms with Gasteiger partial charge < -0.3 is 5.32 Å². The van der Waals surface area contributed by atoms with E-state index in [2.05, 4.69) is 64.3 Å². The Morgan fingerprint density at radius 1 is 1.18 bits per heavy atom. The second-order valence-corrected chi connectivity index (χ2v) is 5.90. The van der Waals surface area contributed by atoms with Gasteiger partial charge in [0.25, 0.3) is 0 Å². The maximum atomic E-state index is 4.11. The zero-order chi connectivity index (χ0) is 12.3. The lowest BCUT2D eigenvalue weighted by Gasteiger charge is -2.19. The topological polar surface area (TPSA) is 24.9 Å². The molecule has 2 atom stereocenters. The molecule has 1 N–H and O–H groups in total. The van der Waals surface area contributed by atoms with Gasteiger partial charge in [0, 0.05) is 27.6 Å². The Morgan fingerprint density at radius 2 is 1.88 bits per heavy atom. The van der Waals surface area contributed by atoms with Gasteiger partial charge >= 0.3 is 0 Å². The summed E-state index contributed by atoms with van der Waals surface area (Å²) in [5.41, 5.74) is 3.17. The zero-order valence-electron chi connectivity index (χ0n) is 9.85. The third-order valence-corrected chi connectivity index (χ3v) is 4.24. The highest BCUT2D eigenvalue weighted by Crippen LogP contribution is 2.22. The van der Waals surface area contributed by atoms with Gasteiger partial charge in [-0.15, -0.1) is 11.3 Å². The number of hydrogen-bond acceptors (Lipinski definition) is 3. The van der Waals surface area contributed by atoms with Gasteiger partial charge in [-0.25, -0.2) is 0 Å². The van der Waals surface area contributed by atoms with Crippen molar-refractivity contribution < 1.29 is 0 Å². The summed E-state index contributed by atoms with van der Waals surface area (Å²) in [5.74, 6) is 0. The van der Waals surface area contributed by atoms with Crippen molar-refractivity contribution in [3.63, 3.8) is 0 Å². The first-order valence-electron chi connectivity index (χ1n) is 5.56. The van der Waals surface area contributed by atoms with Crippen molar-refractivity contribution in [2.45, 2.75) is 25.9 Å². The van der Waals surface area contributed by atoms with Crippen molar-refractivity contribution >= 4 is 27.3 Å². The van der Waals surface area contributed by atoms with Crippen LogP contribution in [0.3, 0.4) is 0 Å². The molecule has 17 heavy (non-hydrogen) atoms. The Hall–Kier alpha value is -0.710. The van der Waals surface area contributed by atoms with Crippen LogP contribution < -0.4 is 5.32 Å². The van der Waals surface area contributed by atoms with E-state index in [9.17, 15) is 0 Å². The van der Waals surface area contributed by atoms with E-state index in [-0.39, 0.29) is 0 Å². The Kier molecular flexibility index (Phi) is 4.31. The Labute approximate surface area is 114 Å². The third kappa shape index (κ3) is 3.37. The molecule has 0 aliphatic carbocycles. The summed E-state index contributed by atoms with van der Waals surface area (Å²) in [7, 11) is 0. The maximum absolute atomic E-state index is 4.11. The van der Waals surface area contributed by atoms with E-state index in [1.807, 2.05) is 11.7 Å². The van der Waals surface area contributed by atoms with E-state index >= 15 is 0 Å². The van der Waals surface area contributed by atoms with Gasteiger partial charge in [-0.1, -0.05) is 28.1 Å². The summed E-state index contributed by atoms with van der Waals surface area (Å²) < 4.78 is 1.11. The highest BCUT2D eigenvalue weighted by Gasteiger charge is 2.11. The van der Waals surface area contributed by atoms with Crippen LogP contribution in [0.4, 0.5) is 0 Å². The highest BCUT2D eigenvalue weighted by molar-refractivity contribution is 9.10. The van der Waals surface area contributed by atoms with Gasteiger partial charge in [0.15, 0.2) is 0 Å². The number of benzene rings is 1. The van der Waals surface area contributed by atoms with Crippen LogP contribution in [0.5, 0.6) is 0 Å². The largest absolute Gasteiger partial charge is 0.303 e. The average Bonchev–Trinajstić information content (AvgIpc) is 2.83. The molecule has 0 saturated carbocycles. The minimum absolute atomic E-state index is 0.334. The lowest BCUT2D eigenvalue weighted by Crippen LogP contribution is -2.21. The quantitative estimate of drug-likeness (QED) is 0.909. The molecule has 0 aliphatic rings. The van der Waals surface area contributed by atoms with Crippen LogP contribution >= 0.6 is 27.3 Å². The Balaban J connectivity index is 2.01. The molecule has 2 nitrogen and oxygen atoms in total. The van der Waals surface area contributed by atoms with Crippen molar-refractivity contribution in [3.8, 4) is 0 Å². The summed E-state index contributed by atoms with van der Waals surface area (Å²) >= 11 is 5.14. The Morgan fingerprint density at radius 3 is 2.47 bits per heavy atom. The van der Waals surface area contributed by atoms with Crippen LogP contribution in [0.25, 0.3) is 0 Å². The fourth-order valence-electron chi connectivity index (χ4n) is 1.74. The summed E-state index contributed by atoms with van der Waals surface area (Å²) in [5, 5.41) is 3.57. The van der Waals surface area contributed by atoms with E-state index in [0.29, 0.717) is 12.1 Å². The van der Waals surface area contributed by atoms with E-state index < -0.39 is 0 Å². The number of thiazole rings is 1. The fraction of sp³-hybridized carbons (Fsp3) is 0.308. The number of rotatable bonds is 4. The SMILES string of the molecule is CC(NC(C)c1cncs1)c1ccc(Br)cc1. The second-order valence-electron chi connectivity index (χ2n) is 4.07. The van der Waals surface area contributed by atoms with Crippen LogP contribution in [-0.4, -0.2) is 4.98 Å². The molecule has 1 heterocycles. The number of hydrogen-bond donors (Lipinski definition) is 1. The standard InChI is InChI=1S/C13H15BrN2S/c1-9(11-3-5-12(14)6-4-11)16-10(2)13-7-15-8-17-13/h3-10,16H,1-2H3. The summed E-state index contributed by atoms with van der Waals surface area (Å²) in [6, 6.07) is 9.10. The van der Waals surface area contributed by atoms with Gasteiger partial charge in [0.05, 0.1) is 5.51 Å². The van der Waals surface area contributed by atoms with Gasteiger partial charge in [-0.05, 0) is 31.5 Å². The van der Waals surface area contributed by atoms with Crippen LogP contribution in [0, 0.1) is 0 Å². The molecule has 4 heteroatoms. The molecule has 1 aromatic carbocycles. The number of nitrogens with zero attached hydrogens (tertiary/aromatic N) is 1. The molecule has 2 rings (SSSR count). The molecule has 0 aliphatic heterocycles. The predicted molar refractivity (Wildman–Crippen MR) is 76.2 cm³/mol. The average molecular weight is 311 g/mol. The van der Waals surface area contributed by atoms with Crippen molar-refractivity contribution in [1.29, 1.82) is 0 Å². The first-order valence-corrected chi connectivity index (χ1v) is 7.24.